The highest BCUT2D eigenvalue weighted by Gasteiger charge is 2.47. The fourth-order valence-electron chi connectivity index (χ4n) is 4.67. The van der Waals surface area contributed by atoms with E-state index >= 15 is 0 Å². The third kappa shape index (κ3) is 2.27. The Labute approximate surface area is 162 Å². The summed E-state index contributed by atoms with van der Waals surface area (Å²) < 4.78 is 1.25. The highest BCUT2D eigenvalue weighted by molar-refractivity contribution is 7.22. The number of hydrogen-bond donors (Lipinski definition) is 1. The molecule has 2 aliphatic rings. The van der Waals surface area contributed by atoms with E-state index < -0.39 is 0 Å². The Morgan fingerprint density at radius 2 is 1.88 bits per heavy atom. The van der Waals surface area contributed by atoms with Crippen molar-refractivity contribution < 1.29 is 4.79 Å². The molecular formula is C22H20ClNOS. The zero-order chi connectivity index (χ0) is 17.9. The fourth-order valence-corrected chi connectivity index (χ4v) is 6.03. The van der Waals surface area contributed by atoms with Gasteiger partial charge in [-0.3, -0.25) is 4.79 Å². The highest BCUT2D eigenvalue weighted by atomic mass is 35.5. The maximum Gasteiger partial charge on any atom is 0.235 e. The average molecular weight is 382 g/mol. The Bertz CT molecular complexity index is 1050. The van der Waals surface area contributed by atoms with Crippen LogP contribution in [0.25, 0.3) is 20.5 Å². The molecule has 0 radical (unpaired) electrons. The monoisotopic (exact) mass is 381 g/mol. The number of halogens is 1. The minimum atomic E-state index is -0.308. The molecule has 1 fully saturated rings. The molecule has 2 aromatic carbocycles. The number of fused-ring (bicyclic) bond motifs is 3. The van der Waals surface area contributed by atoms with Gasteiger partial charge in [-0.25, -0.2) is 0 Å². The van der Waals surface area contributed by atoms with Crippen LogP contribution in [-0.4, -0.2) is 5.91 Å². The minimum Gasteiger partial charge on any atom is -0.325 e. The second-order valence-corrected chi connectivity index (χ2v) is 9.04. The molecule has 4 heteroatoms. The van der Waals surface area contributed by atoms with Crippen molar-refractivity contribution >= 4 is 44.6 Å². The Kier molecular flexibility index (Phi) is 3.67. The first kappa shape index (κ1) is 16.3. The van der Waals surface area contributed by atoms with E-state index in [1.807, 2.05) is 12.1 Å². The number of nitrogens with one attached hydrogen (secondary N) is 1. The van der Waals surface area contributed by atoms with Crippen molar-refractivity contribution in [2.45, 2.75) is 44.4 Å². The molecule has 3 aromatic rings. The first-order chi connectivity index (χ1) is 12.6. The van der Waals surface area contributed by atoms with Crippen LogP contribution in [0.1, 0.15) is 43.2 Å². The van der Waals surface area contributed by atoms with Gasteiger partial charge in [0.05, 0.1) is 5.41 Å². The molecule has 0 atom stereocenters. The Balaban J connectivity index is 1.67. The zero-order valence-corrected chi connectivity index (χ0v) is 16.3. The lowest BCUT2D eigenvalue weighted by Crippen LogP contribution is -2.36. The van der Waals surface area contributed by atoms with Gasteiger partial charge >= 0.3 is 0 Å². The topological polar surface area (TPSA) is 29.1 Å². The van der Waals surface area contributed by atoms with Crippen LogP contribution in [0.4, 0.5) is 5.69 Å². The number of amides is 1. The van der Waals surface area contributed by atoms with Gasteiger partial charge in [-0.2, -0.15) is 0 Å². The second kappa shape index (κ2) is 5.83. The predicted molar refractivity (Wildman–Crippen MR) is 110 cm³/mol. The number of anilines is 1. The summed E-state index contributed by atoms with van der Waals surface area (Å²) in [5, 5.41) is 5.13. The van der Waals surface area contributed by atoms with E-state index in [1.54, 1.807) is 11.3 Å². The molecule has 1 aliphatic heterocycles. The summed E-state index contributed by atoms with van der Waals surface area (Å²) in [6, 6.07) is 12.6. The molecule has 26 heavy (non-hydrogen) atoms. The van der Waals surface area contributed by atoms with Crippen LogP contribution < -0.4 is 5.32 Å². The van der Waals surface area contributed by atoms with Crippen LogP contribution in [0.15, 0.2) is 36.4 Å². The number of carbonyl (C=O) groups is 1. The first-order valence-electron chi connectivity index (χ1n) is 9.23. The summed E-state index contributed by atoms with van der Waals surface area (Å²) >= 11 is 8.00. The molecule has 0 saturated heterocycles. The summed E-state index contributed by atoms with van der Waals surface area (Å²) in [7, 11) is 0. The number of aryl methyl sites for hydroxylation is 1. The molecule has 0 unspecified atom stereocenters. The van der Waals surface area contributed by atoms with Gasteiger partial charge < -0.3 is 5.32 Å². The van der Waals surface area contributed by atoms with E-state index in [-0.39, 0.29) is 11.3 Å². The number of carbonyl (C=O) groups excluding carboxylic acids is 1. The predicted octanol–water partition coefficient (Wildman–Crippen LogP) is 6.68. The quantitative estimate of drug-likeness (QED) is 0.500. The summed E-state index contributed by atoms with van der Waals surface area (Å²) in [5.74, 6) is 0.198. The van der Waals surface area contributed by atoms with E-state index in [2.05, 4.69) is 36.5 Å². The number of benzene rings is 2. The molecular weight excluding hydrogens is 362 g/mol. The molecule has 1 aromatic heterocycles. The Morgan fingerprint density at radius 3 is 2.69 bits per heavy atom. The zero-order valence-electron chi connectivity index (χ0n) is 14.7. The Morgan fingerprint density at radius 1 is 1.08 bits per heavy atom. The largest absolute Gasteiger partial charge is 0.325 e. The smallest absolute Gasteiger partial charge is 0.235 e. The second-order valence-electron chi connectivity index (χ2n) is 7.55. The third-order valence-corrected chi connectivity index (χ3v) is 7.64. The lowest BCUT2D eigenvalue weighted by molar-refractivity contribution is -0.121. The maximum atomic E-state index is 12.8. The normalized spacial score (nSPS) is 18.3. The molecule has 1 aliphatic carbocycles. The summed E-state index contributed by atoms with van der Waals surface area (Å²) in [4.78, 5) is 14.1. The SMILES string of the molecule is Cc1c(-c2ccc3c(c2)C2(CCCCC2)C(=O)N3)sc2ccc(Cl)cc12. The van der Waals surface area contributed by atoms with Gasteiger partial charge in [-0.05, 0) is 72.2 Å². The number of thiophene rings is 1. The van der Waals surface area contributed by atoms with Crippen molar-refractivity contribution in [3.05, 3.63) is 52.5 Å². The summed E-state index contributed by atoms with van der Waals surface area (Å²) in [6.07, 6.45) is 5.45. The van der Waals surface area contributed by atoms with E-state index in [0.29, 0.717) is 0 Å². The first-order valence-corrected chi connectivity index (χ1v) is 10.4. The molecule has 2 heterocycles. The molecule has 132 valence electrons. The van der Waals surface area contributed by atoms with Gasteiger partial charge in [-0.15, -0.1) is 11.3 Å². The van der Waals surface area contributed by atoms with Gasteiger partial charge in [0, 0.05) is 20.3 Å². The summed E-state index contributed by atoms with van der Waals surface area (Å²) in [6.45, 7) is 2.16. The van der Waals surface area contributed by atoms with Crippen molar-refractivity contribution in [2.75, 3.05) is 5.32 Å². The summed E-state index contributed by atoms with van der Waals surface area (Å²) in [5.41, 5.74) is 4.37. The van der Waals surface area contributed by atoms with Crippen LogP contribution in [0.2, 0.25) is 5.02 Å². The molecule has 2 nitrogen and oxygen atoms in total. The average Bonchev–Trinajstić information content (AvgIpc) is 3.11. The van der Waals surface area contributed by atoms with Gasteiger partial charge in [0.15, 0.2) is 0 Å². The van der Waals surface area contributed by atoms with Crippen molar-refractivity contribution in [2.24, 2.45) is 0 Å². The minimum absolute atomic E-state index is 0.198. The van der Waals surface area contributed by atoms with Crippen molar-refractivity contribution in [3.8, 4) is 10.4 Å². The lowest BCUT2D eigenvalue weighted by atomic mass is 9.70. The van der Waals surface area contributed by atoms with Gasteiger partial charge in [0.2, 0.25) is 5.91 Å². The van der Waals surface area contributed by atoms with E-state index in [1.165, 1.54) is 38.1 Å². The van der Waals surface area contributed by atoms with E-state index in [9.17, 15) is 4.79 Å². The molecule has 0 bridgehead atoms. The lowest BCUT2D eigenvalue weighted by Gasteiger charge is -2.31. The van der Waals surface area contributed by atoms with Crippen LogP contribution >= 0.6 is 22.9 Å². The standard InChI is InChI=1S/C22H20ClNOS/c1-13-16-12-15(23)6-8-19(16)26-20(13)14-5-7-18-17(11-14)22(21(25)24-18)9-3-2-4-10-22/h5-8,11-12H,2-4,9-10H2,1H3,(H,24,25). The van der Waals surface area contributed by atoms with Crippen LogP contribution in [0, 0.1) is 6.92 Å². The molecule has 1 amide bonds. The van der Waals surface area contributed by atoms with Gasteiger partial charge in [0.1, 0.15) is 0 Å². The molecule has 1 spiro atoms. The van der Waals surface area contributed by atoms with Crippen LogP contribution in [-0.2, 0) is 10.2 Å². The van der Waals surface area contributed by atoms with Crippen molar-refractivity contribution in [3.63, 3.8) is 0 Å². The van der Waals surface area contributed by atoms with Crippen LogP contribution in [0.5, 0.6) is 0 Å². The molecule has 1 N–H and O–H groups in total. The fraction of sp³-hybridized carbons (Fsp3) is 0.318. The molecule has 5 rings (SSSR count). The maximum absolute atomic E-state index is 12.8. The van der Waals surface area contributed by atoms with Crippen LogP contribution in [0.3, 0.4) is 0 Å². The number of rotatable bonds is 1. The molecule has 1 saturated carbocycles. The van der Waals surface area contributed by atoms with Crippen molar-refractivity contribution in [1.29, 1.82) is 0 Å². The van der Waals surface area contributed by atoms with Crippen molar-refractivity contribution in [1.82, 2.24) is 0 Å². The highest BCUT2D eigenvalue weighted by Crippen LogP contribution is 2.49. The van der Waals surface area contributed by atoms with E-state index in [4.69, 9.17) is 11.6 Å². The van der Waals surface area contributed by atoms with Gasteiger partial charge in [-0.1, -0.05) is 36.9 Å². The van der Waals surface area contributed by atoms with Gasteiger partial charge in [0.25, 0.3) is 0 Å². The van der Waals surface area contributed by atoms with E-state index in [0.717, 1.165) is 36.4 Å². The third-order valence-electron chi connectivity index (χ3n) is 6.09. The Hall–Kier alpha value is -1.84. The number of hydrogen-bond acceptors (Lipinski definition) is 2.